The minimum Gasteiger partial charge on any atom is -0.329 e. The van der Waals surface area contributed by atoms with E-state index >= 15 is 0 Å². The summed E-state index contributed by atoms with van der Waals surface area (Å²) in [6.45, 7) is 4.08. The number of aryl methyl sites for hydroxylation is 1. The fourth-order valence-electron chi connectivity index (χ4n) is 2.28. The molecule has 1 aromatic heterocycles. The molecule has 0 radical (unpaired) electrons. The van der Waals surface area contributed by atoms with Crippen molar-refractivity contribution in [1.29, 1.82) is 0 Å². The van der Waals surface area contributed by atoms with Crippen LogP contribution in [0.15, 0.2) is 12.4 Å². The Morgan fingerprint density at radius 1 is 1.69 bits per heavy atom. The second kappa shape index (κ2) is 5.21. The lowest BCUT2D eigenvalue weighted by molar-refractivity contribution is 0.166. The molecule has 0 aliphatic carbocycles. The second-order valence-corrected chi connectivity index (χ2v) is 5.51. The van der Waals surface area contributed by atoms with Gasteiger partial charge in [0.25, 0.3) is 0 Å². The molecule has 1 aliphatic heterocycles. The van der Waals surface area contributed by atoms with Crippen LogP contribution in [0.25, 0.3) is 0 Å². The van der Waals surface area contributed by atoms with E-state index in [-0.39, 0.29) is 0 Å². The van der Waals surface area contributed by atoms with Gasteiger partial charge in [0.1, 0.15) is 0 Å². The van der Waals surface area contributed by atoms with Crippen molar-refractivity contribution in [3.8, 4) is 0 Å². The Bertz CT molecular complexity index is 338. The van der Waals surface area contributed by atoms with E-state index in [1.54, 1.807) is 0 Å². The third-order valence-electron chi connectivity index (χ3n) is 3.15. The van der Waals surface area contributed by atoms with Crippen molar-refractivity contribution in [2.45, 2.75) is 19.0 Å². The molecule has 1 fully saturated rings. The molecular weight excluding hydrogens is 220 g/mol. The van der Waals surface area contributed by atoms with Crippen molar-refractivity contribution in [3.05, 3.63) is 18.0 Å². The molecule has 0 saturated carbocycles. The van der Waals surface area contributed by atoms with E-state index in [0.717, 1.165) is 6.54 Å². The van der Waals surface area contributed by atoms with Gasteiger partial charge >= 0.3 is 0 Å². The summed E-state index contributed by atoms with van der Waals surface area (Å²) in [5.74, 6) is 2.41. The van der Waals surface area contributed by atoms with E-state index < -0.39 is 0 Å². The van der Waals surface area contributed by atoms with Crippen molar-refractivity contribution in [3.63, 3.8) is 0 Å². The molecule has 5 heteroatoms. The Labute approximate surface area is 101 Å². The Kier molecular flexibility index (Phi) is 3.89. The highest BCUT2D eigenvalue weighted by Gasteiger charge is 2.27. The van der Waals surface area contributed by atoms with Gasteiger partial charge in [-0.15, -0.1) is 0 Å². The number of nitrogens with zero attached hydrogens (tertiary/aromatic N) is 3. The van der Waals surface area contributed by atoms with Gasteiger partial charge in [-0.25, -0.2) is 0 Å². The molecule has 0 bridgehead atoms. The number of rotatable bonds is 3. The predicted octanol–water partition coefficient (Wildman–Crippen LogP) is 0.857. The molecule has 0 aromatic carbocycles. The van der Waals surface area contributed by atoms with Gasteiger partial charge < -0.3 is 5.73 Å². The topological polar surface area (TPSA) is 47.1 Å². The highest BCUT2D eigenvalue weighted by atomic mass is 32.2. The van der Waals surface area contributed by atoms with Gasteiger partial charge in [0.2, 0.25) is 0 Å². The molecule has 2 N–H and O–H groups in total. The lowest BCUT2D eigenvalue weighted by Gasteiger charge is -2.38. The molecular formula is C11H20N4S. The average molecular weight is 240 g/mol. The van der Waals surface area contributed by atoms with Crippen molar-refractivity contribution in [2.75, 3.05) is 24.6 Å². The van der Waals surface area contributed by atoms with E-state index in [9.17, 15) is 0 Å². The number of hydrogen-bond acceptors (Lipinski definition) is 4. The minimum atomic E-state index is 0.324. The third-order valence-corrected chi connectivity index (χ3v) is 4.34. The Morgan fingerprint density at radius 2 is 2.50 bits per heavy atom. The van der Waals surface area contributed by atoms with Gasteiger partial charge in [-0.05, 0) is 6.92 Å². The van der Waals surface area contributed by atoms with Crippen LogP contribution in [-0.4, -0.2) is 45.3 Å². The predicted molar refractivity (Wildman–Crippen MR) is 68.5 cm³/mol. The normalized spacial score (nSPS) is 24.6. The lowest BCUT2D eigenvalue weighted by Crippen LogP contribution is -2.45. The number of nitrogens with two attached hydrogens (primary N) is 1. The van der Waals surface area contributed by atoms with Gasteiger partial charge in [-0.2, -0.15) is 16.9 Å². The van der Waals surface area contributed by atoms with Gasteiger partial charge in [-0.3, -0.25) is 9.58 Å². The maximum Gasteiger partial charge on any atom is 0.0538 e. The molecule has 0 spiro atoms. The maximum atomic E-state index is 5.92. The van der Waals surface area contributed by atoms with Gasteiger partial charge in [-0.1, -0.05) is 0 Å². The molecule has 2 rings (SSSR count). The molecule has 2 atom stereocenters. The van der Waals surface area contributed by atoms with Gasteiger partial charge in [0, 0.05) is 49.4 Å². The highest BCUT2D eigenvalue weighted by molar-refractivity contribution is 7.99. The standard InChI is InChI=1S/C11H20N4S/c1-9-8-16-4-3-15(9)11(5-12)10-6-13-14(2)7-10/h6-7,9,11H,3-5,8,12H2,1-2H3. The van der Waals surface area contributed by atoms with Gasteiger partial charge in [0.05, 0.1) is 12.2 Å². The number of aromatic nitrogens is 2. The maximum absolute atomic E-state index is 5.92. The summed E-state index contributed by atoms with van der Waals surface area (Å²) in [6, 6.07) is 0.928. The summed E-state index contributed by atoms with van der Waals surface area (Å²) in [6.07, 6.45) is 4.01. The summed E-state index contributed by atoms with van der Waals surface area (Å²) >= 11 is 2.03. The van der Waals surface area contributed by atoms with Crippen LogP contribution in [0.5, 0.6) is 0 Å². The van der Waals surface area contributed by atoms with Crippen molar-refractivity contribution in [2.24, 2.45) is 12.8 Å². The van der Waals surface area contributed by atoms with Crippen molar-refractivity contribution in [1.82, 2.24) is 14.7 Å². The first-order chi connectivity index (χ1) is 7.72. The average Bonchev–Trinajstić information content (AvgIpc) is 2.69. The lowest BCUT2D eigenvalue weighted by atomic mass is 10.1. The zero-order chi connectivity index (χ0) is 11.5. The molecule has 16 heavy (non-hydrogen) atoms. The molecule has 1 saturated heterocycles. The summed E-state index contributed by atoms with van der Waals surface area (Å²) in [4.78, 5) is 2.51. The van der Waals surface area contributed by atoms with Crippen LogP contribution in [0.2, 0.25) is 0 Å². The molecule has 2 heterocycles. The highest BCUT2D eigenvalue weighted by Crippen LogP contribution is 2.26. The van der Waals surface area contributed by atoms with Crippen LogP contribution in [0.4, 0.5) is 0 Å². The monoisotopic (exact) mass is 240 g/mol. The fraction of sp³-hybridized carbons (Fsp3) is 0.727. The van der Waals surface area contributed by atoms with E-state index in [1.165, 1.54) is 17.1 Å². The number of thioether (sulfide) groups is 1. The van der Waals surface area contributed by atoms with Crippen LogP contribution < -0.4 is 5.73 Å². The zero-order valence-electron chi connectivity index (χ0n) is 9.97. The Hall–Kier alpha value is -0.520. The smallest absolute Gasteiger partial charge is 0.0538 e. The first-order valence-corrected chi connectivity index (χ1v) is 6.90. The molecule has 1 aromatic rings. The van der Waals surface area contributed by atoms with Gasteiger partial charge in [0.15, 0.2) is 0 Å². The van der Waals surface area contributed by atoms with E-state index in [2.05, 4.69) is 23.1 Å². The van der Waals surface area contributed by atoms with E-state index in [1.807, 2.05) is 29.7 Å². The SMILES string of the molecule is CC1CSCCN1C(CN)c1cnn(C)c1. The Balaban J connectivity index is 2.14. The van der Waals surface area contributed by atoms with Crippen LogP contribution >= 0.6 is 11.8 Å². The minimum absolute atomic E-state index is 0.324. The third kappa shape index (κ3) is 2.42. The quantitative estimate of drug-likeness (QED) is 0.851. The molecule has 4 nitrogen and oxygen atoms in total. The first-order valence-electron chi connectivity index (χ1n) is 5.74. The van der Waals surface area contributed by atoms with Crippen molar-refractivity contribution >= 4 is 11.8 Å². The Morgan fingerprint density at radius 3 is 3.06 bits per heavy atom. The first kappa shape index (κ1) is 12.0. The molecule has 0 amide bonds. The molecule has 2 unspecified atom stereocenters. The summed E-state index contributed by atoms with van der Waals surface area (Å²) in [7, 11) is 1.95. The van der Waals surface area contributed by atoms with Crippen LogP contribution in [0.3, 0.4) is 0 Å². The van der Waals surface area contributed by atoms with Crippen LogP contribution in [0, 0.1) is 0 Å². The fourth-order valence-corrected chi connectivity index (χ4v) is 3.32. The molecule has 90 valence electrons. The number of hydrogen-bond donors (Lipinski definition) is 1. The van der Waals surface area contributed by atoms with Crippen LogP contribution in [0.1, 0.15) is 18.5 Å². The summed E-state index contributed by atoms with van der Waals surface area (Å²) < 4.78 is 1.85. The second-order valence-electron chi connectivity index (χ2n) is 4.36. The summed E-state index contributed by atoms with van der Waals surface area (Å²) in [5.41, 5.74) is 7.16. The van der Waals surface area contributed by atoms with Crippen molar-refractivity contribution < 1.29 is 0 Å². The van der Waals surface area contributed by atoms with Crippen LogP contribution in [-0.2, 0) is 7.05 Å². The van der Waals surface area contributed by atoms with E-state index in [0.29, 0.717) is 18.6 Å². The molecule has 1 aliphatic rings. The zero-order valence-corrected chi connectivity index (χ0v) is 10.8. The van der Waals surface area contributed by atoms with E-state index in [4.69, 9.17) is 5.73 Å². The summed E-state index contributed by atoms with van der Waals surface area (Å²) in [5, 5.41) is 4.23. The largest absolute Gasteiger partial charge is 0.329 e.